The zero-order valence-corrected chi connectivity index (χ0v) is 13.7. The van der Waals surface area contributed by atoms with Crippen molar-refractivity contribution in [1.82, 2.24) is 4.98 Å². The summed E-state index contributed by atoms with van der Waals surface area (Å²) in [6.07, 6.45) is 8.35. The summed E-state index contributed by atoms with van der Waals surface area (Å²) in [5.41, 5.74) is 2.08. The largest absolute Gasteiger partial charge is 0.493 e. The third kappa shape index (κ3) is 3.75. The number of hydrogen-bond acceptors (Lipinski definition) is 4. The third-order valence-electron chi connectivity index (χ3n) is 4.16. The van der Waals surface area contributed by atoms with E-state index in [9.17, 15) is 5.26 Å². The Hall–Kier alpha value is -2.80. The van der Waals surface area contributed by atoms with Crippen LogP contribution in [0.5, 0.6) is 11.5 Å². The predicted octanol–water partition coefficient (Wildman–Crippen LogP) is 4.48. The number of hydrogen-bond donors (Lipinski definition) is 0. The molecule has 0 bridgehead atoms. The highest BCUT2D eigenvalue weighted by Gasteiger charge is 2.18. The molecule has 0 saturated heterocycles. The van der Waals surface area contributed by atoms with E-state index in [1.54, 1.807) is 13.3 Å². The molecule has 122 valence electrons. The van der Waals surface area contributed by atoms with Crippen LogP contribution in [-0.4, -0.2) is 18.2 Å². The highest BCUT2D eigenvalue weighted by Crippen LogP contribution is 2.33. The summed E-state index contributed by atoms with van der Waals surface area (Å²) in [6.45, 7) is 0. The fraction of sp³-hybridized carbons (Fsp3) is 0.300. The molecule has 24 heavy (non-hydrogen) atoms. The van der Waals surface area contributed by atoms with Gasteiger partial charge in [0.25, 0.3) is 0 Å². The molecule has 4 nitrogen and oxygen atoms in total. The first-order valence-electron chi connectivity index (χ1n) is 8.18. The van der Waals surface area contributed by atoms with E-state index >= 15 is 0 Å². The van der Waals surface area contributed by atoms with Crippen LogP contribution in [0, 0.1) is 11.3 Å². The van der Waals surface area contributed by atoms with Crippen molar-refractivity contribution >= 4 is 11.6 Å². The van der Waals surface area contributed by atoms with Crippen molar-refractivity contribution in [2.45, 2.75) is 31.8 Å². The van der Waals surface area contributed by atoms with Crippen LogP contribution in [0.1, 0.15) is 36.9 Å². The maximum Gasteiger partial charge on any atom is 0.162 e. The molecule has 0 aliphatic heterocycles. The molecule has 1 aliphatic carbocycles. The number of aromatic nitrogens is 1. The molecule has 4 heteroatoms. The zero-order chi connectivity index (χ0) is 16.8. The van der Waals surface area contributed by atoms with Gasteiger partial charge in [-0.2, -0.15) is 5.26 Å². The molecule has 3 rings (SSSR count). The van der Waals surface area contributed by atoms with Crippen molar-refractivity contribution in [3.05, 3.63) is 53.9 Å². The van der Waals surface area contributed by atoms with E-state index in [0.29, 0.717) is 11.3 Å². The van der Waals surface area contributed by atoms with E-state index in [1.807, 2.05) is 42.5 Å². The van der Waals surface area contributed by atoms with Crippen LogP contribution in [0.3, 0.4) is 0 Å². The normalized spacial score (nSPS) is 15.1. The molecule has 0 N–H and O–H groups in total. The first kappa shape index (κ1) is 16.1. The number of pyridine rings is 1. The van der Waals surface area contributed by atoms with Gasteiger partial charge >= 0.3 is 0 Å². The lowest BCUT2D eigenvalue weighted by atomic mass is 10.1. The first-order valence-corrected chi connectivity index (χ1v) is 8.18. The van der Waals surface area contributed by atoms with Crippen LogP contribution in [0.4, 0.5) is 0 Å². The van der Waals surface area contributed by atoms with E-state index in [-0.39, 0.29) is 6.10 Å². The van der Waals surface area contributed by atoms with E-state index in [4.69, 9.17) is 9.47 Å². The lowest BCUT2D eigenvalue weighted by Gasteiger charge is -2.16. The second-order valence-corrected chi connectivity index (χ2v) is 5.82. The van der Waals surface area contributed by atoms with Crippen LogP contribution in [0.15, 0.2) is 42.6 Å². The highest BCUT2D eigenvalue weighted by molar-refractivity contribution is 5.88. The van der Waals surface area contributed by atoms with Crippen LogP contribution in [-0.2, 0) is 0 Å². The quantitative estimate of drug-likeness (QED) is 0.762. The topological polar surface area (TPSA) is 55.1 Å². The van der Waals surface area contributed by atoms with Crippen molar-refractivity contribution in [1.29, 1.82) is 5.26 Å². The average Bonchev–Trinajstić information content (AvgIpc) is 3.14. The lowest BCUT2D eigenvalue weighted by Crippen LogP contribution is -2.11. The van der Waals surface area contributed by atoms with Gasteiger partial charge in [0.15, 0.2) is 11.5 Å². The zero-order valence-electron chi connectivity index (χ0n) is 13.7. The minimum absolute atomic E-state index is 0.254. The summed E-state index contributed by atoms with van der Waals surface area (Å²) in [4.78, 5) is 4.24. The molecule has 1 fully saturated rings. The minimum Gasteiger partial charge on any atom is -0.493 e. The van der Waals surface area contributed by atoms with Gasteiger partial charge in [0, 0.05) is 6.20 Å². The van der Waals surface area contributed by atoms with Crippen LogP contribution in [0.2, 0.25) is 0 Å². The third-order valence-corrected chi connectivity index (χ3v) is 4.16. The number of nitrogens with zero attached hydrogens (tertiary/aromatic N) is 2. The van der Waals surface area contributed by atoms with Gasteiger partial charge in [-0.05, 0) is 61.6 Å². The second kappa shape index (κ2) is 7.65. The summed E-state index contributed by atoms with van der Waals surface area (Å²) in [7, 11) is 1.64. The molecule has 1 aromatic heterocycles. The molecule has 1 heterocycles. The van der Waals surface area contributed by atoms with E-state index in [0.717, 1.165) is 29.9 Å². The fourth-order valence-corrected chi connectivity index (χ4v) is 2.91. The fourth-order valence-electron chi connectivity index (χ4n) is 2.91. The molecule has 0 spiro atoms. The van der Waals surface area contributed by atoms with Crippen molar-refractivity contribution < 1.29 is 9.47 Å². The monoisotopic (exact) mass is 320 g/mol. The minimum atomic E-state index is 0.254. The summed E-state index contributed by atoms with van der Waals surface area (Å²) in [5.74, 6) is 1.45. The number of nitriles is 1. The Kier molecular flexibility index (Phi) is 5.12. The Balaban J connectivity index is 1.90. The smallest absolute Gasteiger partial charge is 0.162 e. The molecule has 1 aliphatic rings. The molecular weight excluding hydrogens is 300 g/mol. The van der Waals surface area contributed by atoms with E-state index in [2.05, 4.69) is 11.1 Å². The number of methoxy groups -OCH3 is 1. The number of allylic oxidation sites excluding steroid dienone is 1. The maximum atomic E-state index is 9.43. The van der Waals surface area contributed by atoms with Gasteiger partial charge in [0.2, 0.25) is 0 Å². The molecule has 0 radical (unpaired) electrons. The molecule has 2 aromatic rings. The molecule has 1 aromatic carbocycles. The first-order chi connectivity index (χ1) is 11.8. The number of benzene rings is 1. The van der Waals surface area contributed by atoms with Crippen LogP contribution < -0.4 is 9.47 Å². The summed E-state index contributed by atoms with van der Waals surface area (Å²) in [6, 6.07) is 13.5. The predicted molar refractivity (Wildman–Crippen MR) is 93.6 cm³/mol. The van der Waals surface area contributed by atoms with Crippen molar-refractivity contribution in [3.63, 3.8) is 0 Å². The van der Waals surface area contributed by atoms with Crippen LogP contribution in [0.25, 0.3) is 11.6 Å². The molecular formula is C20H20N2O2. The van der Waals surface area contributed by atoms with Crippen LogP contribution >= 0.6 is 0 Å². The number of rotatable bonds is 5. The van der Waals surface area contributed by atoms with Gasteiger partial charge in [0.1, 0.15) is 6.07 Å². The lowest BCUT2D eigenvalue weighted by molar-refractivity contribution is 0.201. The summed E-state index contributed by atoms with van der Waals surface area (Å²) >= 11 is 0. The molecule has 0 unspecified atom stereocenters. The molecule has 0 amide bonds. The Morgan fingerprint density at radius 3 is 2.71 bits per heavy atom. The van der Waals surface area contributed by atoms with Gasteiger partial charge in [0.05, 0.1) is 24.5 Å². The Morgan fingerprint density at radius 2 is 2.04 bits per heavy atom. The van der Waals surface area contributed by atoms with Gasteiger partial charge in [-0.1, -0.05) is 12.1 Å². The SMILES string of the molecule is COc1ccc(C=C(C#N)c2ccccn2)cc1OC1CCCC1. The summed E-state index contributed by atoms with van der Waals surface area (Å²) in [5, 5.41) is 9.43. The standard InChI is InChI=1S/C20H20N2O2/c1-23-19-10-9-15(13-20(19)24-17-6-2-3-7-17)12-16(14-21)18-8-4-5-11-22-18/h4-5,8-13,17H,2-3,6-7H2,1H3. The van der Waals surface area contributed by atoms with Gasteiger partial charge in [-0.25, -0.2) is 0 Å². The Bertz CT molecular complexity index is 757. The van der Waals surface area contributed by atoms with E-state index in [1.165, 1.54) is 12.8 Å². The van der Waals surface area contributed by atoms with Crippen molar-refractivity contribution in [3.8, 4) is 17.6 Å². The van der Waals surface area contributed by atoms with Gasteiger partial charge in [-0.15, -0.1) is 0 Å². The highest BCUT2D eigenvalue weighted by atomic mass is 16.5. The second-order valence-electron chi connectivity index (χ2n) is 5.82. The maximum absolute atomic E-state index is 9.43. The number of ether oxygens (including phenoxy) is 2. The van der Waals surface area contributed by atoms with E-state index < -0.39 is 0 Å². The van der Waals surface area contributed by atoms with Crippen molar-refractivity contribution in [2.24, 2.45) is 0 Å². The van der Waals surface area contributed by atoms with Gasteiger partial charge < -0.3 is 9.47 Å². The molecule has 1 saturated carbocycles. The molecule has 0 atom stereocenters. The Labute approximate surface area is 142 Å². The van der Waals surface area contributed by atoms with Crippen molar-refractivity contribution in [2.75, 3.05) is 7.11 Å². The summed E-state index contributed by atoms with van der Waals surface area (Å²) < 4.78 is 11.5. The Morgan fingerprint density at radius 1 is 1.21 bits per heavy atom. The average molecular weight is 320 g/mol. The van der Waals surface area contributed by atoms with Gasteiger partial charge in [-0.3, -0.25) is 4.98 Å².